The predicted molar refractivity (Wildman–Crippen MR) is 110 cm³/mol. The lowest BCUT2D eigenvalue weighted by atomic mass is 9.89. The molecule has 0 unspecified atom stereocenters. The van der Waals surface area contributed by atoms with E-state index in [9.17, 15) is 9.59 Å². The summed E-state index contributed by atoms with van der Waals surface area (Å²) in [5.74, 6) is 0.866. The van der Waals surface area contributed by atoms with E-state index >= 15 is 0 Å². The van der Waals surface area contributed by atoms with Crippen LogP contribution in [0.2, 0.25) is 5.02 Å². The van der Waals surface area contributed by atoms with E-state index in [2.05, 4.69) is 15.5 Å². The minimum atomic E-state index is -0.664. The van der Waals surface area contributed by atoms with Crippen LogP contribution in [0, 0.1) is 6.92 Å². The molecule has 0 radical (unpaired) electrons. The maximum absolute atomic E-state index is 12.4. The van der Waals surface area contributed by atoms with Crippen LogP contribution < -0.4 is 10.6 Å². The Kier molecular flexibility index (Phi) is 7.03. The Morgan fingerprint density at radius 1 is 1.22 bits per heavy atom. The number of anilines is 1. The summed E-state index contributed by atoms with van der Waals surface area (Å²) < 4.78 is 5.48. The molecule has 0 aromatic heterocycles. The number of carbonyl (C=O) groups excluding carboxylic acids is 2. The Labute approximate surface area is 169 Å². The second-order valence-corrected chi connectivity index (χ2v) is 8.62. The van der Waals surface area contributed by atoms with Crippen LogP contribution in [0.1, 0.15) is 18.4 Å². The van der Waals surface area contributed by atoms with Crippen molar-refractivity contribution in [1.82, 2.24) is 10.2 Å². The number of rotatable bonds is 4. The number of thioether (sulfide) groups is 1. The number of benzene rings is 1. The minimum Gasteiger partial charge on any atom is -0.379 e. The smallest absolute Gasteiger partial charge is 0.313 e. The van der Waals surface area contributed by atoms with Gasteiger partial charge in [-0.1, -0.05) is 17.7 Å². The summed E-state index contributed by atoms with van der Waals surface area (Å²) in [6, 6.07) is 5.23. The Morgan fingerprint density at radius 2 is 1.93 bits per heavy atom. The first-order valence-electron chi connectivity index (χ1n) is 9.27. The van der Waals surface area contributed by atoms with Crippen molar-refractivity contribution in [2.24, 2.45) is 0 Å². The molecule has 0 saturated carbocycles. The average Bonchev–Trinajstić information content (AvgIpc) is 2.71. The van der Waals surface area contributed by atoms with E-state index in [0.29, 0.717) is 17.3 Å². The van der Waals surface area contributed by atoms with E-state index in [1.54, 1.807) is 18.2 Å². The molecule has 0 aliphatic carbocycles. The lowest BCUT2D eigenvalue weighted by Crippen LogP contribution is -2.61. The molecule has 8 heteroatoms. The minimum absolute atomic E-state index is 0.0864. The number of nitrogens with zero attached hydrogens (tertiary/aromatic N) is 1. The van der Waals surface area contributed by atoms with Gasteiger partial charge in [-0.15, -0.1) is 0 Å². The Morgan fingerprint density at radius 3 is 2.63 bits per heavy atom. The second kappa shape index (κ2) is 9.28. The van der Waals surface area contributed by atoms with E-state index < -0.39 is 11.8 Å². The van der Waals surface area contributed by atoms with Gasteiger partial charge in [0.05, 0.1) is 13.2 Å². The highest BCUT2D eigenvalue weighted by Crippen LogP contribution is 2.32. The van der Waals surface area contributed by atoms with Crippen LogP contribution in [0.3, 0.4) is 0 Å². The molecule has 2 heterocycles. The van der Waals surface area contributed by atoms with E-state index in [1.807, 2.05) is 18.7 Å². The zero-order valence-electron chi connectivity index (χ0n) is 15.6. The van der Waals surface area contributed by atoms with Gasteiger partial charge in [0.1, 0.15) is 0 Å². The molecular weight excluding hydrogens is 386 g/mol. The van der Waals surface area contributed by atoms with Crippen LogP contribution in [0.25, 0.3) is 0 Å². The molecule has 2 amide bonds. The number of hydrogen-bond donors (Lipinski definition) is 2. The van der Waals surface area contributed by atoms with Gasteiger partial charge in [-0.3, -0.25) is 14.5 Å². The van der Waals surface area contributed by atoms with Crippen LogP contribution in [0.5, 0.6) is 0 Å². The van der Waals surface area contributed by atoms with E-state index in [0.717, 1.165) is 56.2 Å². The number of halogens is 1. The summed E-state index contributed by atoms with van der Waals surface area (Å²) in [5.41, 5.74) is 1.21. The molecule has 27 heavy (non-hydrogen) atoms. The molecule has 0 atom stereocenters. The van der Waals surface area contributed by atoms with Crippen molar-refractivity contribution in [1.29, 1.82) is 0 Å². The van der Waals surface area contributed by atoms with Gasteiger partial charge in [-0.05, 0) is 49.0 Å². The Hall–Kier alpha value is -1.28. The van der Waals surface area contributed by atoms with E-state index in [4.69, 9.17) is 16.3 Å². The monoisotopic (exact) mass is 411 g/mol. The van der Waals surface area contributed by atoms with Gasteiger partial charge in [0.2, 0.25) is 0 Å². The summed E-state index contributed by atoms with van der Waals surface area (Å²) in [5, 5.41) is 6.08. The quantitative estimate of drug-likeness (QED) is 0.744. The Bertz CT molecular complexity index is 689. The molecule has 2 fully saturated rings. The molecule has 2 N–H and O–H groups in total. The van der Waals surface area contributed by atoms with E-state index in [-0.39, 0.29) is 5.54 Å². The Balaban J connectivity index is 1.61. The summed E-state index contributed by atoms with van der Waals surface area (Å²) in [4.78, 5) is 27.2. The van der Waals surface area contributed by atoms with Crippen molar-refractivity contribution in [2.45, 2.75) is 25.3 Å². The van der Waals surface area contributed by atoms with Crippen LogP contribution in [0.4, 0.5) is 5.69 Å². The third kappa shape index (κ3) is 4.96. The number of carbonyl (C=O) groups is 2. The molecule has 0 spiro atoms. The van der Waals surface area contributed by atoms with Crippen molar-refractivity contribution in [3.8, 4) is 0 Å². The zero-order valence-corrected chi connectivity index (χ0v) is 17.1. The number of nitrogens with one attached hydrogen (secondary N) is 2. The molecule has 2 aliphatic rings. The summed E-state index contributed by atoms with van der Waals surface area (Å²) >= 11 is 8.02. The van der Waals surface area contributed by atoms with Crippen molar-refractivity contribution < 1.29 is 14.3 Å². The van der Waals surface area contributed by atoms with Gasteiger partial charge in [-0.25, -0.2) is 0 Å². The van der Waals surface area contributed by atoms with Crippen molar-refractivity contribution in [2.75, 3.05) is 49.7 Å². The lowest BCUT2D eigenvalue weighted by molar-refractivity contribution is -0.136. The highest BCUT2D eigenvalue weighted by molar-refractivity contribution is 7.99. The molecule has 3 rings (SSSR count). The van der Waals surface area contributed by atoms with Crippen LogP contribution in [-0.4, -0.2) is 66.6 Å². The normalized spacial score (nSPS) is 20.1. The lowest BCUT2D eigenvalue weighted by Gasteiger charge is -2.47. The van der Waals surface area contributed by atoms with Crippen molar-refractivity contribution in [3.63, 3.8) is 0 Å². The third-order valence-electron chi connectivity index (χ3n) is 5.41. The maximum Gasteiger partial charge on any atom is 0.313 e. The summed E-state index contributed by atoms with van der Waals surface area (Å²) in [6.45, 7) is 5.47. The highest BCUT2D eigenvalue weighted by atomic mass is 35.5. The first-order valence-corrected chi connectivity index (χ1v) is 10.8. The molecule has 2 saturated heterocycles. The number of morpholine rings is 1. The van der Waals surface area contributed by atoms with Gasteiger partial charge in [0, 0.05) is 35.9 Å². The molecule has 6 nitrogen and oxygen atoms in total. The summed E-state index contributed by atoms with van der Waals surface area (Å²) in [6.07, 6.45) is 2.01. The fourth-order valence-electron chi connectivity index (χ4n) is 3.64. The van der Waals surface area contributed by atoms with Gasteiger partial charge >= 0.3 is 11.8 Å². The number of hydrogen-bond acceptors (Lipinski definition) is 5. The maximum atomic E-state index is 12.4. The molecule has 2 aliphatic heterocycles. The molecule has 1 aromatic carbocycles. The average molecular weight is 412 g/mol. The standard InChI is InChI=1S/C19H26ClN3O3S/c1-14-15(20)3-2-4-16(14)22-18(25)17(24)21-13-19(5-11-27-12-6-19)23-7-9-26-10-8-23/h2-4H,5-13H2,1H3,(H,21,24)(H,22,25). The van der Waals surface area contributed by atoms with Crippen molar-refractivity contribution >= 4 is 40.9 Å². The van der Waals surface area contributed by atoms with E-state index in [1.165, 1.54) is 0 Å². The molecule has 0 bridgehead atoms. The summed E-state index contributed by atoms with van der Waals surface area (Å²) in [7, 11) is 0. The SMILES string of the molecule is Cc1c(Cl)cccc1NC(=O)C(=O)NCC1(N2CCOCC2)CCSCC1. The molecule has 1 aromatic rings. The van der Waals surface area contributed by atoms with Crippen LogP contribution in [0.15, 0.2) is 18.2 Å². The number of amides is 2. The second-order valence-electron chi connectivity index (χ2n) is 6.99. The largest absolute Gasteiger partial charge is 0.379 e. The molecular formula is C19H26ClN3O3S. The molecule has 148 valence electrons. The van der Waals surface area contributed by atoms with Crippen molar-refractivity contribution in [3.05, 3.63) is 28.8 Å². The van der Waals surface area contributed by atoms with Crippen LogP contribution in [-0.2, 0) is 14.3 Å². The topological polar surface area (TPSA) is 70.7 Å². The predicted octanol–water partition coefficient (Wildman–Crippen LogP) is 2.30. The highest BCUT2D eigenvalue weighted by Gasteiger charge is 2.39. The first kappa shape index (κ1) is 20.5. The van der Waals surface area contributed by atoms with Gasteiger partial charge in [0.25, 0.3) is 0 Å². The number of ether oxygens (including phenoxy) is 1. The van der Waals surface area contributed by atoms with Gasteiger partial charge in [0.15, 0.2) is 0 Å². The van der Waals surface area contributed by atoms with Crippen LogP contribution >= 0.6 is 23.4 Å². The third-order valence-corrected chi connectivity index (χ3v) is 6.80. The fourth-order valence-corrected chi connectivity index (χ4v) is 5.07. The van der Waals surface area contributed by atoms with Gasteiger partial charge in [-0.2, -0.15) is 11.8 Å². The zero-order chi connectivity index (χ0) is 19.3. The first-order chi connectivity index (χ1) is 13.0. The fraction of sp³-hybridized carbons (Fsp3) is 0.579. The van der Waals surface area contributed by atoms with Gasteiger partial charge < -0.3 is 15.4 Å².